The van der Waals surface area contributed by atoms with E-state index >= 15 is 0 Å². The third-order valence-corrected chi connectivity index (χ3v) is 4.74. The molecule has 0 radical (unpaired) electrons. The van der Waals surface area contributed by atoms with Crippen LogP contribution < -0.4 is 5.32 Å². The van der Waals surface area contributed by atoms with Crippen molar-refractivity contribution in [2.75, 3.05) is 13.2 Å². The Morgan fingerprint density at radius 1 is 1.50 bits per heavy atom. The van der Waals surface area contributed by atoms with Crippen LogP contribution in [0.1, 0.15) is 15.4 Å². The Labute approximate surface area is 117 Å². The molecule has 18 heavy (non-hydrogen) atoms. The molecular formula is C11H11ClN2O2S2. The number of nitrogens with zero attached hydrogens (tertiary/aromatic N) is 1. The molecule has 0 aromatic carbocycles. The first-order valence-electron chi connectivity index (χ1n) is 5.24. The number of rotatable bonds is 4. The number of aryl methyl sites for hydroxylation is 1. The standard InChI is InChI=1S/C11H11ClN2O2S2/c1-6-9(10(16)13-4-5-15)18-11(14-6)7-2-3-8(12)17-7/h2-3,15H,4-5H2,1H3,(H,13,16). The number of aromatic nitrogens is 1. The lowest BCUT2D eigenvalue weighted by Gasteiger charge is -1.99. The highest BCUT2D eigenvalue weighted by molar-refractivity contribution is 7.24. The van der Waals surface area contributed by atoms with E-state index in [1.165, 1.54) is 22.7 Å². The molecular weight excluding hydrogens is 292 g/mol. The summed E-state index contributed by atoms with van der Waals surface area (Å²) in [7, 11) is 0. The number of aliphatic hydroxyl groups excluding tert-OH is 1. The number of carbonyl (C=O) groups is 1. The van der Waals surface area contributed by atoms with E-state index in [0.29, 0.717) is 14.9 Å². The smallest absolute Gasteiger partial charge is 0.263 e. The van der Waals surface area contributed by atoms with Crippen LogP contribution in [-0.4, -0.2) is 29.1 Å². The SMILES string of the molecule is Cc1nc(-c2ccc(Cl)s2)sc1C(=O)NCCO. The van der Waals surface area contributed by atoms with Crippen molar-refractivity contribution in [3.8, 4) is 9.88 Å². The molecule has 0 unspecified atom stereocenters. The van der Waals surface area contributed by atoms with Gasteiger partial charge < -0.3 is 10.4 Å². The van der Waals surface area contributed by atoms with E-state index in [1.807, 2.05) is 12.1 Å². The molecule has 0 bridgehead atoms. The maximum Gasteiger partial charge on any atom is 0.263 e. The minimum Gasteiger partial charge on any atom is -0.395 e. The predicted octanol–water partition coefficient (Wildman–Crippen LogP) is 2.56. The summed E-state index contributed by atoms with van der Waals surface area (Å²) in [6.45, 7) is 1.97. The molecule has 0 saturated carbocycles. The van der Waals surface area contributed by atoms with Gasteiger partial charge in [-0.2, -0.15) is 0 Å². The van der Waals surface area contributed by atoms with Crippen LogP contribution in [0.4, 0.5) is 0 Å². The Balaban J connectivity index is 2.24. The third kappa shape index (κ3) is 2.89. The molecule has 2 rings (SSSR count). The first kappa shape index (κ1) is 13.5. The second-order valence-electron chi connectivity index (χ2n) is 3.52. The van der Waals surface area contributed by atoms with Gasteiger partial charge in [0.2, 0.25) is 0 Å². The Hall–Kier alpha value is -0.950. The molecule has 2 aromatic rings. The van der Waals surface area contributed by atoms with Gasteiger partial charge in [-0.05, 0) is 19.1 Å². The molecule has 0 atom stereocenters. The highest BCUT2D eigenvalue weighted by Crippen LogP contribution is 2.34. The fourth-order valence-electron chi connectivity index (χ4n) is 1.39. The van der Waals surface area contributed by atoms with Crippen molar-refractivity contribution in [1.29, 1.82) is 0 Å². The Morgan fingerprint density at radius 2 is 2.28 bits per heavy atom. The highest BCUT2D eigenvalue weighted by atomic mass is 35.5. The molecule has 0 spiro atoms. The number of aliphatic hydroxyl groups is 1. The minimum absolute atomic E-state index is 0.0724. The quantitative estimate of drug-likeness (QED) is 0.912. The van der Waals surface area contributed by atoms with Crippen LogP contribution >= 0.6 is 34.3 Å². The Morgan fingerprint density at radius 3 is 2.89 bits per heavy atom. The van der Waals surface area contributed by atoms with Crippen LogP contribution in [0.25, 0.3) is 9.88 Å². The first-order chi connectivity index (χ1) is 8.61. The molecule has 2 N–H and O–H groups in total. The number of thiazole rings is 1. The van der Waals surface area contributed by atoms with E-state index in [9.17, 15) is 4.79 Å². The molecule has 1 amide bonds. The lowest BCUT2D eigenvalue weighted by atomic mass is 10.3. The lowest BCUT2D eigenvalue weighted by Crippen LogP contribution is -2.26. The molecule has 0 aliphatic heterocycles. The number of carbonyl (C=O) groups excluding carboxylic acids is 1. The molecule has 0 aliphatic carbocycles. The van der Waals surface area contributed by atoms with Gasteiger partial charge in [0, 0.05) is 6.54 Å². The van der Waals surface area contributed by atoms with E-state index < -0.39 is 0 Å². The average molecular weight is 303 g/mol. The Bertz CT molecular complexity index is 565. The second kappa shape index (κ2) is 5.79. The van der Waals surface area contributed by atoms with Gasteiger partial charge >= 0.3 is 0 Å². The van der Waals surface area contributed by atoms with E-state index in [0.717, 1.165) is 9.88 Å². The zero-order valence-electron chi connectivity index (χ0n) is 9.57. The van der Waals surface area contributed by atoms with Crippen LogP contribution in [0.2, 0.25) is 4.34 Å². The normalized spacial score (nSPS) is 10.6. The van der Waals surface area contributed by atoms with Crippen LogP contribution in [0.5, 0.6) is 0 Å². The van der Waals surface area contributed by atoms with Gasteiger partial charge in [0.05, 0.1) is 21.5 Å². The summed E-state index contributed by atoms with van der Waals surface area (Å²) in [6, 6.07) is 3.70. The van der Waals surface area contributed by atoms with Crippen molar-refractivity contribution in [3.63, 3.8) is 0 Å². The van der Waals surface area contributed by atoms with Gasteiger partial charge in [-0.3, -0.25) is 4.79 Å². The van der Waals surface area contributed by atoms with E-state index in [-0.39, 0.29) is 19.1 Å². The van der Waals surface area contributed by atoms with Crippen molar-refractivity contribution in [1.82, 2.24) is 10.3 Å². The maximum absolute atomic E-state index is 11.8. The van der Waals surface area contributed by atoms with Gasteiger partial charge in [-0.1, -0.05) is 11.6 Å². The predicted molar refractivity (Wildman–Crippen MR) is 74.6 cm³/mol. The summed E-state index contributed by atoms with van der Waals surface area (Å²) in [6.07, 6.45) is 0. The van der Waals surface area contributed by atoms with Crippen molar-refractivity contribution in [2.45, 2.75) is 6.92 Å². The van der Waals surface area contributed by atoms with Gasteiger partial charge in [-0.15, -0.1) is 22.7 Å². The van der Waals surface area contributed by atoms with Crippen LogP contribution in [0.15, 0.2) is 12.1 Å². The number of halogens is 1. The van der Waals surface area contributed by atoms with Crippen molar-refractivity contribution in [2.24, 2.45) is 0 Å². The molecule has 0 saturated heterocycles. The summed E-state index contributed by atoms with van der Waals surface area (Å²) in [5, 5.41) is 12.1. The van der Waals surface area contributed by atoms with Gasteiger partial charge in [0.15, 0.2) is 0 Å². The van der Waals surface area contributed by atoms with Gasteiger partial charge in [0.1, 0.15) is 9.88 Å². The highest BCUT2D eigenvalue weighted by Gasteiger charge is 2.16. The van der Waals surface area contributed by atoms with Crippen molar-refractivity contribution >= 4 is 40.2 Å². The zero-order chi connectivity index (χ0) is 13.1. The molecule has 96 valence electrons. The topological polar surface area (TPSA) is 62.2 Å². The average Bonchev–Trinajstić information content (AvgIpc) is 2.92. The fourth-order valence-corrected chi connectivity index (χ4v) is 3.47. The maximum atomic E-state index is 11.8. The van der Waals surface area contributed by atoms with Gasteiger partial charge in [0.25, 0.3) is 5.91 Å². The summed E-state index contributed by atoms with van der Waals surface area (Å²) >= 11 is 8.64. The van der Waals surface area contributed by atoms with Crippen LogP contribution in [0, 0.1) is 6.92 Å². The molecule has 0 fully saturated rings. The van der Waals surface area contributed by atoms with Gasteiger partial charge in [-0.25, -0.2) is 4.98 Å². The summed E-state index contributed by atoms with van der Waals surface area (Å²) < 4.78 is 0.698. The van der Waals surface area contributed by atoms with E-state index in [4.69, 9.17) is 16.7 Å². The number of thiophene rings is 1. The number of hydrogen-bond donors (Lipinski definition) is 2. The minimum atomic E-state index is -0.201. The summed E-state index contributed by atoms with van der Waals surface area (Å²) in [5.74, 6) is -0.201. The Kier molecular flexibility index (Phi) is 4.34. The monoisotopic (exact) mass is 302 g/mol. The molecule has 2 heterocycles. The largest absolute Gasteiger partial charge is 0.395 e. The number of nitrogens with one attached hydrogen (secondary N) is 1. The second-order valence-corrected chi connectivity index (χ2v) is 6.23. The van der Waals surface area contributed by atoms with Crippen LogP contribution in [0.3, 0.4) is 0 Å². The zero-order valence-corrected chi connectivity index (χ0v) is 12.0. The third-order valence-electron chi connectivity index (χ3n) is 2.18. The van der Waals surface area contributed by atoms with Crippen molar-refractivity contribution in [3.05, 3.63) is 27.0 Å². The molecule has 4 nitrogen and oxygen atoms in total. The summed E-state index contributed by atoms with van der Waals surface area (Å²) in [5.41, 5.74) is 0.690. The van der Waals surface area contributed by atoms with E-state index in [1.54, 1.807) is 6.92 Å². The summed E-state index contributed by atoms with van der Waals surface area (Å²) in [4.78, 5) is 17.7. The van der Waals surface area contributed by atoms with E-state index in [2.05, 4.69) is 10.3 Å². The van der Waals surface area contributed by atoms with Crippen molar-refractivity contribution < 1.29 is 9.90 Å². The number of amides is 1. The molecule has 2 aromatic heterocycles. The van der Waals surface area contributed by atoms with Crippen LogP contribution in [-0.2, 0) is 0 Å². The lowest BCUT2D eigenvalue weighted by molar-refractivity contribution is 0.0948. The first-order valence-corrected chi connectivity index (χ1v) is 7.25. The number of hydrogen-bond acceptors (Lipinski definition) is 5. The molecule has 7 heteroatoms. The fraction of sp³-hybridized carbons (Fsp3) is 0.273. The molecule has 0 aliphatic rings.